The summed E-state index contributed by atoms with van der Waals surface area (Å²) in [5, 5.41) is 4.20. The van der Waals surface area contributed by atoms with E-state index in [1.54, 1.807) is 18.2 Å². The Morgan fingerprint density at radius 2 is 1.80 bits per heavy atom. The molecule has 44 heavy (non-hydrogen) atoms. The highest BCUT2D eigenvalue weighted by Crippen LogP contribution is 2.36. The van der Waals surface area contributed by atoms with Gasteiger partial charge in [-0.05, 0) is 69.6 Å². The number of thiazole rings is 1. The summed E-state index contributed by atoms with van der Waals surface area (Å²) >= 11 is 1.30. The second kappa shape index (κ2) is 13.0. The molecule has 1 N–H and O–H groups in total. The van der Waals surface area contributed by atoms with Crippen molar-refractivity contribution in [3.63, 3.8) is 0 Å². The van der Waals surface area contributed by atoms with Crippen LogP contribution in [0.3, 0.4) is 0 Å². The zero-order valence-electron chi connectivity index (χ0n) is 23.4. The molecular weight excluding hydrogens is 614 g/mol. The lowest BCUT2D eigenvalue weighted by molar-refractivity contribution is -0.185. The first-order valence-electron chi connectivity index (χ1n) is 13.7. The molecular formula is C29H28F6N4O4S. The zero-order valence-corrected chi connectivity index (χ0v) is 24.2. The van der Waals surface area contributed by atoms with Gasteiger partial charge < -0.3 is 14.4 Å². The van der Waals surface area contributed by atoms with Crippen molar-refractivity contribution in [3.05, 3.63) is 69.1 Å². The lowest BCUT2D eigenvalue weighted by Crippen LogP contribution is -2.39. The van der Waals surface area contributed by atoms with E-state index in [4.69, 9.17) is 14.5 Å². The number of rotatable bonds is 10. The Labute approximate surface area is 251 Å². The van der Waals surface area contributed by atoms with Gasteiger partial charge in [0.05, 0.1) is 34.7 Å². The van der Waals surface area contributed by atoms with Crippen molar-refractivity contribution >= 4 is 11.3 Å². The number of nitrogens with zero attached hydrogens (tertiary/aromatic N) is 3. The summed E-state index contributed by atoms with van der Waals surface area (Å²) in [5.74, 6) is -0.976. The van der Waals surface area contributed by atoms with E-state index in [0.717, 1.165) is 17.0 Å². The van der Waals surface area contributed by atoms with E-state index < -0.39 is 29.6 Å². The van der Waals surface area contributed by atoms with Crippen LogP contribution in [-0.4, -0.2) is 52.9 Å². The molecule has 4 aromatic rings. The minimum absolute atomic E-state index is 0.0757. The summed E-state index contributed by atoms with van der Waals surface area (Å²) in [6.07, 6.45) is -7.33. The molecule has 1 fully saturated rings. The fourth-order valence-electron chi connectivity index (χ4n) is 5.02. The van der Waals surface area contributed by atoms with Crippen LogP contribution in [0.1, 0.15) is 35.4 Å². The summed E-state index contributed by atoms with van der Waals surface area (Å²) < 4.78 is 94.3. The number of aromatic nitrogens is 3. The normalized spacial score (nSPS) is 15.1. The summed E-state index contributed by atoms with van der Waals surface area (Å²) in [6, 6.07) is 9.68. The lowest BCUT2D eigenvalue weighted by Gasteiger charge is -2.32. The number of nitrogens with one attached hydrogen (secondary N) is 1. The first-order chi connectivity index (χ1) is 20.9. The minimum Gasteiger partial charge on any atom is -0.496 e. The number of hydrogen-bond donors (Lipinski definition) is 1. The maximum absolute atomic E-state index is 13.1. The number of benzene rings is 2. The van der Waals surface area contributed by atoms with Gasteiger partial charge in [0.1, 0.15) is 23.1 Å². The average Bonchev–Trinajstić information content (AvgIpc) is 3.61. The fourth-order valence-corrected chi connectivity index (χ4v) is 6.05. The topological polar surface area (TPSA) is 93.5 Å². The molecule has 8 nitrogen and oxygen atoms in total. The van der Waals surface area contributed by atoms with Gasteiger partial charge in [-0.2, -0.15) is 26.3 Å². The molecule has 0 bridgehead atoms. The molecule has 1 aliphatic rings. The summed E-state index contributed by atoms with van der Waals surface area (Å²) in [6.45, 7) is 1.44. The molecule has 5 rings (SSSR count). The van der Waals surface area contributed by atoms with E-state index in [1.807, 2.05) is 4.90 Å². The Hall–Kier alpha value is -3.85. The van der Waals surface area contributed by atoms with Crippen molar-refractivity contribution in [2.24, 2.45) is 5.92 Å². The van der Waals surface area contributed by atoms with Crippen LogP contribution in [0.15, 0.2) is 51.8 Å². The first kappa shape index (κ1) is 31.6. The SMILES string of the molecule is COc1cc(OCc2sc(-c3ccc(C(F)(F)F)cc3)nc2CCCN2CCC(C(F)(F)F)CC2)ccc1-c1noc(=O)[nH]1. The number of hydrogen-bond acceptors (Lipinski definition) is 8. The molecule has 3 heterocycles. The van der Waals surface area contributed by atoms with E-state index >= 15 is 0 Å². The molecule has 0 amide bonds. The number of halogens is 6. The quantitative estimate of drug-likeness (QED) is 0.187. The van der Waals surface area contributed by atoms with Gasteiger partial charge in [-0.15, -0.1) is 11.3 Å². The smallest absolute Gasteiger partial charge is 0.439 e. The van der Waals surface area contributed by atoms with Crippen molar-refractivity contribution < 1.29 is 40.3 Å². The molecule has 0 atom stereocenters. The van der Waals surface area contributed by atoms with E-state index in [9.17, 15) is 31.1 Å². The molecule has 1 saturated heterocycles. The van der Waals surface area contributed by atoms with Crippen molar-refractivity contribution in [1.82, 2.24) is 20.0 Å². The van der Waals surface area contributed by atoms with Gasteiger partial charge in [-0.1, -0.05) is 17.3 Å². The molecule has 2 aromatic heterocycles. The molecule has 0 unspecified atom stereocenters. The Morgan fingerprint density at radius 1 is 1.07 bits per heavy atom. The third-order valence-corrected chi connectivity index (χ3v) is 8.53. The van der Waals surface area contributed by atoms with Gasteiger partial charge in [0.2, 0.25) is 0 Å². The maximum Gasteiger partial charge on any atom is 0.439 e. The highest BCUT2D eigenvalue weighted by molar-refractivity contribution is 7.15. The summed E-state index contributed by atoms with van der Waals surface area (Å²) in [7, 11) is 1.45. The highest BCUT2D eigenvalue weighted by Gasteiger charge is 2.40. The van der Waals surface area contributed by atoms with Gasteiger partial charge in [-0.25, -0.2) is 9.78 Å². The third kappa shape index (κ3) is 7.62. The number of ether oxygens (including phenoxy) is 2. The monoisotopic (exact) mass is 642 g/mol. The molecule has 15 heteroatoms. The van der Waals surface area contributed by atoms with Crippen LogP contribution >= 0.6 is 11.3 Å². The summed E-state index contributed by atoms with van der Waals surface area (Å²) in [4.78, 5) is 21.3. The van der Waals surface area contributed by atoms with Gasteiger partial charge in [0.25, 0.3) is 0 Å². The number of aromatic amines is 1. The zero-order chi connectivity index (χ0) is 31.5. The second-order valence-electron chi connectivity index (χ2n) is 10.3. The Morgan fingerprint density at radius 3 is 2.41 bits per heavy atom. The predicted octanol–water partition coefficient (Wildman–Crippen LogP) is 6.97. The third-order valence-electron chi connectivity index (χ3n) is 7.41. The van der Waals surface area contributed by atoms with Gasteiger partial charge in [-0.3, -0.25) is 9.51 Å². The molecule has 0 aliphatic carbocycles. The van der Waals surface area contributed by atoms with E-state index in [-0.39, 0.29) is 25.3 Å². The van der Waals surface area contributed by atoms with Gasteiger partial charge >= 0.3 is 18.1 Å². The number of H-pyrrole nitrogens is 1. The Balaban J connectivity index is 1.30. The second-order valence-corrected chi connectivity index (χ2v) is 11.4. The molecule has 0 radical (unpaired) electrons. The van der Waals surface area contributed by atoms with Crippen LogP contribution in [-0.2, 0) is 19.2 Å². The van der Waals surface area contributed by atoms with Crippen LogP contribution in [0.2, 0.25) is 0 Å². The largest absolute Gasteiger partial charge is 0.496 e. The number of piperidine rings is 1. The maximum atomic E-state index is 13.1. The average molecular weight is 643 g/mol. The molecule has 0 spiro atoms. The van der Waals surface area contributed by atoms with Crippen molar-refractivity contribution in [2.45, 2.75) is 44.6 Å². The summed E-state index contributed by atoms with van der Waals surface area (Å²) in [5.41, 5.74) is 0.951. The number of methoxy groups -OCH3 is 1. The van der Waals surface area contributed by atoms with Crippen LogP contribution < -0.4 is 15.2 Å². The van der Waals surface area contributed by atoms with E-state index in [1.165, 1.54) is 30.6 Å². The van der Waals surface area contributed by atoms with Crippen LogP contribution in [0.4, 0.5) is 26.3 Å². The minimum atomic E-state index is -4.46. The van der Waals surface area contributed by atoms with Crippen LogP contribution in [0.25, 0.3) is 22.0 Å². The van der Waals surface area contributed by atoms with Gasteiger partial charge in [0, 0.05) is 11.6 Å². The molecule has 0 saturated carbocycles. The first-order valence-corrected chi connectivity index (χ1v) is 14.5. The fraction of sp³-hybridized carbons (Fsp3) is 0.414. The molecule has 236 valence electrons. The Kier molecular flexibility index (Phi) is 9.34. The van der Waals surface area contributed by atoms with Crippen molar-refractivity contribution in [2.75, 3.05) is 26.7 Å². The predicted molar refractivity (Wildman–Crippen MR) is 150 cm³/mol. The Bertz CT molecular complexity index is 1610. The van der Waals surface area contributed by atoms with E-state index in [0.29, 0.717) is 65.8 Å². The standard InChI is InChI=1S/C29H28F6N4O4S/c1-41-23-15-20(8-9-21(23)25-37-27(40)43-38-25)42-16-24-22(3-2-12-39-13-10-19(11-14-39)29(33,34)35)36-26(44-24)17-4-6-18(7-5-17)28(30,31)32/h4-9,15,19H,2-3,10-14,16H2,1H3,(H,37,38,40). The van der Waals surface area contributed by atoms with Crippen molar-refractivity contribution in [3.8, 4) is 33.5 Å². The van der Waals surface area contributed by atoms with Gasteiger partial charge in [0.15, 0.2) is 5.82 Å². The molecule has 1 aliphatic heterocycles. The molecule has 2 aromatic carbocycles. The van der Waals surface area contributed by atoms with Crippen LogP contribution in [0.5, 0.6) is 11.5 Å². The number of aryl methyl sites for hydroxylation is 1. The number of likely N-dealkylation sites (tertiary alicyclic amines) is 1. The lowest BCUT2D eigenvalue weighted by atomic mass is 9.96. The van der Waals surface area contributed by atoms with Crippen molar-refractivity contribution in [1.29, 1.82) is 0 Å². The number of alkyl halides is 6. The van der Waals surface area contributed by atoms with E-state index in [2.05, 4.69) is 14.7 Å². The van der Waals surface area contributed by atoms with Crippen LogP contribution in [0, 0.1) is 5.92 Å². The highest BCUT2D eigenvalue weighted by atomic mass is 32.1.